The Labute approximate surface area is 216 Å². The minimum atomic E-state index is -3.70. The maximum Gasteiger partial charge on any atom is 0.335 e. The molecular formula is C23H28BrN7O4S. The highest BCUT2D eigenvalue weighted by Crippen LogP contribution is 2.41. The second-order valence-electron chi connectivity index (χ2n) is 8.66. The van der Waals surface area contributed by atoms with Crippen LogP contribution in [0, 0.1) is 0 Å². The van der Waals surface area contributed by atoms with Crippen LogP contribution in [0.2, 0.25) is 0 Å². The lowest BCUT2D eigenvalue weighted by atomic mass is 10.1. The third kappa shape index (κ3) is 4.13. The molecule has 36 heavy (non-hydrogen) atoms. The average Bonchev–Trinajstić information content (AvgIpc) is 3.51. The predicted octanol–water partition coefficient (Wildman–Crippen LogP) is 2.59. The molecular weight excluding hydrogens is 550 g/mol. The summed E-state index contributed by atoms with van der Waals surface area (Å²) in [5.41, 5.74) is 2.61. The zero-order valence-corrected chi connectivity index (χ0v) is 22.5. The van der Waals surface area contributed by atoms with Crippen molar-refractivity contribution >= 4 is 42.6 Å². The zero-order valence-electron chi connectivity index (χ0n) is 20.1. The van der Waals surface area contributed by atoms with Crippen LogP contribution in [0.3, 0.4) is 0 Å². The summed E-state index contributed by atoms with van der Waals surface area (Å²) in [6.07, 6.45) is 2.94. The summed E-state index contributed by atoms with van der Waals surface area (Å²) in [5.74, 6) is 0.547. The summed E-state index contributed by atoms with van der Waals surface area (Å²) in [7, 11) is -3.70. The Bertz CT molecular complexity index is 1590. The quantitative estimate of drug-likeness (QED) is 0.329. The monoisotopic (exact) mass is 577 g/mol. The van der Waals surface area contributed by atoms with E-state index in [-0.39, 0.29) is 10.6 Å². The number of sulfonamides is 1. The number of nitrogens with zero attached hydrogens (tertiary/aromatic N) is 5. The molecule has 0 aliphatic carbocycles. The van der Waals surface area contributed by atoms with Gasteiger partial charge in [-0.15, -0.1) is 10.2 Å². The van der Waals surface area contributed by atoms with Crippen LogP contribution in [-0.2, 0) is 16.6 Å². The molecule has 5 rings (SSSR count). The van der Waals surface area contributed by atoms with Crippen molar-refractivity contribution in [2.75, 3.05) is 32.8 Å². The van der Waals surface area contributed by atoms with Crippen molar-refractivity contribution in [2.45, 2.75) is 38.1 Å². The van der Waals surface area contributed by atoms with E-state index in [9.17, 15) is 13.2 Å². The van der Waals surface area contributed by atoms with Gasteiger partial charge >= 0.3 is 5.69 Å². The number of H-pyrrole nitrogens is 1. The van der Waals surface area contributed by atoms with Crippen molar-refractivity contribution in [3.8, 4) is 17.0 Å². The van der Waals surface area contributed by atoms with Crippen LogP contribution in [0.1, 0.15) is 26.7 Å². The Morgan fingerprint density at radius 3 is 2.67 bits per heavy atom. The van der Waals surface area contributed by atoms with Gasteiger partial charge in [0, 0.05) is 38.3 Å². The van der Waals surface area contributed by atoms with Crippen LogP contribution in [-0.4, -0.2) is 69.7 Å². The molecule has 192 valence electrons. The number of fused-ring (bicyclic) bond motifs is 3. The molecule has 1 saturated heterocycles. The highest BCUT2D eigenvalue weighted by Gasteiger charge is 2.28. The Balaban J connectivity index is 1.75. The first-order valence-electron chi connectivity index (χ1n) is 12.0. The Kier molecular flexibility index (Phi) is 6.90. The molecule has 0 saturated carbocycles. The molecule has 1 aliphatic rings. The molecule has 0 bridgehead atoms. The first kappa shape index (κ1) is 24.9. The highest BCUT2D eigenvalue weighted by molar-refractivity contribution is 9.10. The van der Waals surface area contributed by atoms with Gasteiger partial charge in [-0.3, -0.25) is 4.57 Å². The third-order valence-corrected chi connectivity index (χ3v) is 8.90. The number of nitrogens with one attached hydrogen (secondary N) is 2. The van der Waals surface area contributed by atoms with Crippen molar-refractivity contribution in [1.82, 2.24) is 33.8 Å². The van der Waals surface area contributed by atoms with E-state index >= 15 is 0 Å². The number of hydrogen-bond donors (Lipinski definition) is 2. The number of ether oxygens (including phenoxy) is 1. The summed E-state index contributed by atoms with van der Waals surface area (Å²) in [6.45, 7) is 7.03. The summed E-state index contributed by atoms with van der Waals surface area (Å²) in [5, 5.41) is 11.3. The van der Waals surface area contributed by atoms with Gasteiger partial charge < -0.3 is 15.0 Å². The van der Waals surface area contributed by atoms with E-state index in [0.29, 0.717) is 77.5 Å². The summed E-state index contributed by atoms with van der Waals surface area (Å²) in [4.78, 5) is 16.7. The minimum Gasteiger partial charge on any atom is -0.493 e. The van der Waals surface area contributed by atoms with Gasteiger partial charge in [0.2, 0.25) is 10.0 Å². The maximum atomic E-state index is 13.4. The fraction of sp³-hybridized carbons (Fsp3) is 0.435. The van der Waals surface area contributed by atoms with E-state index in [4.69, 9.17) is 4.74 Å². The van der Waals surface area contributed by atoms with E-state index < -0.39 is 10.0 Å². The number of halogens is 1. The van der Waals surface area contributed by atoms with Crippen LogP contribution < -0.4 is 15.7 Å². The third-order valence-electron chi connectivity index (χ3n) is 6.24. The Morgan fingerprint density at radius 2 is 1.94 bits per heavy atom. The van der Waals surface area contributed by atoms with E-state index in [1.807, 2.05) is 13.8 Å². The number of rotatable bonds is 8. The molecule has 4 heterocycles. The second-order valence-corrected chi connectivity index (χ2v) is 11.4. The average molecular weight is 578 g/mol. The molecule has 1 aliphatic heterocycles. The Morgan fingerprint density at radius 1 is 1.17 bits per heavy atom. The summed E-state index contributed by atoms with van der Waals surface area (Å²) < 4.78 is 38.1. The van der Waals surface area contributed by atoms with Crippen LogP contribution in [0.15, 0.2) is 38.7 Å². The van der Waals surface area contributed by atoms with E-state index in [1.54, 1.807) is 22.8 Å². The van der Waals surface area contributed by atoms with E-state index in [1.165, 1.54) is 15.0 Å². The summed E-state index contributed by atoms with van der Waals surface area (Å²) >= 11 is 3.70. The molecule has 1 aromatic carbocycles. The fourth-order valence-corrected chi connectivity index (χ4v) is 6.70. The number of benzene rings is 1. The van der Waals surface area contributed by atoms with Gasteiger partial charge in [-0.1, -0.05) is 13.8 Å². The SMILES string of the molecule is CCCOc1ccc(S(=O)(=O)N2CCNCC2)cc1-c1[nH]c2c(c1Br)n(CCC)c(=O)n1cnnc21. The number of aromatic nitrogens is 5. The molecule has 4 aromatic rings. The predicted molar refractivity (Wildman–Crippen MR) is 140 cm³/mol. The van der Waals surface area contributed by atoms with Crippen molar-refractivity contribution in [3.05, 3.63) is 39.5 Å². The van der Waals surface area contributed by atoms with Crippen molar-refractivity contribution in [2.24, 2.45) is 0 Å². The first-order chi connectivity index (χ1) is 17.4. The molecule has 0 unspecified atom stereocenters. The standard InChI is InChI=1S/C23H28BrN7O4S/c1-3-9-30-21-18(24)19(27-20(21)22-28-26-14-31(22)23(30)32)16-13-15(5-6-17(16)35-12-4-2)36(33,34)29-10-7-25-8-11-29/h5-6,13-14,25,27H,3-4,7-12H2,1-2H3. The lowest BCUT2D eigenvalue weighted by molar-refractivity contribution is 0.318. The highest BCUT2D eigenvalue weighted by atomic mass is 79.9. The fourth-order valence-electron chi connectivity index (χ4n) is 4.51. The largest absolute Gasteiger partial charge is 0.493 e. The lowest BCUT2D eigenvalue weighted by Crippen LogP contribution is -2.46. The summed E-state index contributed by atoms with van der Waals surface area (Å²) in [6, 6.07) is 4.93. The van der Waals surface area contributed by atoms with Crippen LogP contribution in [0.25, 0.3) is 27.9 Å². The van der Waals surface area contributed by atoms with Gasteiger partial charge in [0.05, 0.1) is 27.2 Å². The van der Waals surface area contributed by atoms with Crippen LogP contribution in [0.5, 0.6) is 5.75 Å². The number of aryl methyl sites for hydroxylation is 1. The smallest absolute Gasteiger partial charge is 0.335 e. The van der Waals surface area contributed by atoms with Gasteiger partial charge in [-0.25, -0.2) is 17.6 Å². The van der Waals surface area contributed by atoms with Gasteiger partial charge in [0.1, 0.15) is 17.6 Å². The van der Waals surface area contributed by atoms with Crippen molar-refractivity contribution in [3.63, 3.8) is 0 Å². The van der Waals surface area contributed by atoms with Crippen LogP contribution >= 0.6 is 15.9 Å². The maximum absolute atomic E-state index is 13.4. The molecule has 11 nitrogen and oxygen atoms in total. The minimum absolute atomic E-state index is 0.187. The molecule has 13 heteroatoms. The molecule has 3 aromatic heterocycles. The second kappa shape index (κ2) is 9.96. The molecule has 2 N–H and O–H groups in total. The molecule has 0 spiro atoms. The Hall–Kier alpha value is -2.74. The van der Waals surface area contributed by atoms with E-state index in [0.717, 1.165) is 12.8 Å². The normalized spacial score (nSPS) is 15.2. The lowest BCUT2D eigenvalue weighted by Gasteiger charge is -2.27. The number of aromatic amines is 1. The molecule has 0 radical (unpaired) electrons. The van der Waals surface area contributed by atoms with Gasteiger partial charge in [0.25, 0.3) is 0 Å². The van der Waals surface area contributed by atoms with Crippen molar-refractivity contribution < 1.29 is 13.2 Å². The molecule has 0 amide bonds. The number of hydrogen-bond acceptors (Lipinski definition) is 7. The zero-order chi connectivity index (χ0) is 25.4. The van der Waals surface area contributed by atoms with Gasteiger partial charge in [-0.05, 0) is 47.0 Å². The number of piperazine rings is 1. The van der Waals surface area contributed by atoms with E-state index in [2.05, 4.69) is 36.4 Å². The van der Waals surface area contributed by atoms with Crippen LogP contribution in [0.4, 0.5) is 0 Å². The molecule has 0 atom stereocenters. The van der Waals surface area contributed by atoms with Gasteiger partial charge in [0.15, 0.2) is 5.65 Å². The van der Waals surface area contributed by atoms with Gasteiger partial charge in [-0.2, -0.15) is 4.31 Å². The topological polar surface area (TPSA) is 127 Å². The first-order valence-corrected chi connectivity index (χ1v) is 14.2. The van der Waals surface area contributed by atoms with Crippen molar-refractivity contribution in [1.29, 1.82) is 0 Å². The molecule has 1 fully saturated rings.